The monoisotopic (exact) mass is 246 g/mol. The maximum absolute atomic E-state index is 11.6. The van der Waals surface area contributed by atoms with Crippen LogP contribution in [0, 0.1) is 3.14 Å². The van der Waals surface area contributed by atoms with Gasteiger partial charge in [-0.2, -0.15) is 0 Å². The molecule has 0 amide bonds. The van der Waals surface area contributed by atoms with Crippen LogP contribution >= 0.6 is 34.9 Å². The number of nitrogens with zero attached hydrogens (tertiary/aromatic N) is 2. The predicted molar refractivity (Wildman–Crippen MR) is 61.0 cm³/mol. The molecule has 7 heteroatoms. The number of rotatable bonds is 0. The van der Waals surface area contributed by atoms with E-state index in [2.05, 4.69) is 0 Å². The number of hydrogen-bond donors (Lipinski definition) is 0. The standard InChI is InChI=1S/C7H6N2O2S3/c1-8-4(10)3-5(9(2)6(8)11)14-7(12)13-3/h1-2H3. The molecule has 0 saturated heterocycles. The van der Waals surface area contributed by atoms with E-state index in [1.54, 1.807) is 7.05 Å². The minimum Gasteiger partial charge on any atom is -0.287 e. The first-order chi connectivity index (χ1) is 6.52. The number of aromatic nitrogens is 2. The molecule has 0 saturated carbocycles. The fourth-order valence-electron chi connectivity index (χ4n) is 1.18. The third-order valence-corrected chi connectivity index (χ3v) is 4.64. The average Bonchev–Trinajstić information content (AvgIpc) is 2.54. The van der Waals surface area contributed by atoms with Gasteiger partial charge in [-0.25, -0.2) is 4.79 Å². The molecule has 2 rings (SSSR count). The molecule has 0 aliphatic carbocycles. The lowest BCUT2D eigenvalue weighted by molar-refractivity contribution is 0.718. The Labute approximate surface area is 91.7 Å². The lowest BCUT2D eigenvalue weighted by Crippen LogP contribution is -2.36. The van der Waals surface area contributed by atoms with Gasteiger partial charge in [0.05, 0.1) is 0 Å². The van der Waals surface area contributed by atoms with Gasteiger partial charge in [0, 0.05) is 14.1 Å². The van der Waals surface area contributed by atoms with Gasteiger partial charge < -0.3 is 0 Å². The summed E-state index contributed by atoms with van der Waals surface area (Å²) in [4.78, 5) is 23.8. The first-order valence-electron chi connectivity index (χ1n) is 3.72. The van der Waals surface area contributed by atoms with Crippen molar-refractivity contribution in [3.8, 4) is 0 Å². The van der Waals surface area contributed by atoms with E-state index in [0.717, 1.165) is 4.57 Å². The van der Waals surface area contributed by atoms with Gasteiger partial charge in [0.15, 0.2) is 0 Å². The summed E-state index contributed by atoms with van der Waals surface area (Å²) in [6.45, 7) is 0. The molecule has 0 N–H and O–H groups in total. The van der Waals surface area contributed by atoms with Gasteiger partial charge in [0.2, 0.25) is 0 Å². The highest BCUT2D eigenvalue weighted by Crippen LogP contribution is 2.22. The largest absolute Gasteiger partial charge is 0.331 e. The molecule has 0 radical (unpaired) electrons. The SMILES string of the molecule is Cn1c(=O)c2sc(=S)sc2n(C)c1=O. The van der Waals surface area contributed by atoms with Gasteiger partial charge in [-0.15, -0.1) is 11.3 Å². The van der Waals surface area contributed by atoms with Gasteiger partial charge in [-0.3, -0.25) is 13.9 Å². The third kappa shape index (κ3) is 1.20. The van der Waals surface area contributed by atoms with Crippen molar-refractivity contribution >= 4 is 44.4 Å². The van der Waals surface area contributed by atoms with Crippen molar-refractivity contribution in [2.45, 2.75) is 0 Å². The van der Waals surface area contributed by atoms with E-state index in [9.17, 15) is 9.59 Å². The molecule has 2 aromatic heterocycles. The Kier molecular flexibility index (Phi) is 2.17. The molecule has 0 atom stereocenters. The summed E-state index contributed by atoms with van der Waals surface area (Å²) in [6, 6.07) is 0. The predicted octanol–water partition coefficient (Wildman–Crippen LogP) is 1.09. The number of aryl methyl sites for hydroxylation is 1. The minimum absolute atomic E-state index is 0.263. The van der Waals surface area contributed by atoms with Crippen LogP contribution in [0.2, 0.25) is 0 Å². The quantitative estimate of drug-likeness (QED) is 0.654. The first kappa shape index (κ1) is 9.75. The van der Waals surface area contributed by atoms with Crippen molar-refractivity contribution in [3.63, 3.8) is 0 Å². The van der Waals surface area contributed by atoms with Crippen molar-refractivity contribution in [3.05, 3.63) is 24.0 Å². The molecule has 0 bridgehead atoms. The highest BCUT2D eigenvalue weighted by Gasteiger charge is 2.10. The molecule has 0 spiro atoms. The Bertz CT molecular complexity index is 673. The summed E-state index contributed by atoms with van der Waals surface area (Å²) in [5.41, 5.74) is -0.577. The van der Waals surface area contributed by atoms with Crippen LogP contribution < -0.4 is 11.2 Å². The summed E-state index contributed by atoms with van der Waals surface area (Å²) in [7, 11) is 3.11. The van der Waals surface area contributed by atoms with E-state index in [1.807, 2.05) is 0 Å². The van der Waals surface area contributed by atoms with E-state index in [1.165, 1.54) is 34.3 Å². The van der Waals surface area contributed by atoms with Crippen molar-refractivity contribution in [2.75, 3.05) is 0 Å². The molecule has 74 valence electrons. The average molecular weight is 246 g/mol. The molecular weight excluding hydrogens is 240 g/mol. The van der Waals surface area contributed by atoms with Crippen LogP contribution in [-0.2, 0) is 14.1 Å². The second-order valence-electron chi connectivity index (χ2n) is 2.79. The molecular formula is C7H6N2O2S3. The molecule has 14 heavy (non-hydrogen) atoms. The van der Waals surface area contributed by atoms with Crippen LogP contribution in [0.4, 0.5) is 0 Å². The van der Waals surface area contributed by atoms with Crippen LogP contribution in [0.3, 0.4) is 0 Å². The second kappa shape index (κ2) is 3.11. The Balaban J connectivity index is 3.26. The molecule has 0 unspecified atom stereocenters. The van der Waals surface area contributed by atoms with Gasteiger partial charge in [-0.05, 0) is 0 Å². The molecule has 0 aliphatic rings. The summed E-state index contributed by atoms with van der Waals surface area (Å²) in [5, 5.41) is 0. The summed E-state index contributed by atoms with van der Waals surface area (Å²) < 4.78 is 3.77. The normalized spacial score (nSPS) is 11.0. The fraction of sp³-hybridized carbons (Fsp3) is 0.286. The first-order valence-corrected chi connectivity index (χ1v) is 5.76. The van der Waals surface area contributed by atoms with Crippen LogP contribution in [-0.4, -0.2) is 9.13 Å². The lowest BCUT2D eigenvalue weighted by atomic mass is 10.6. The third-order valence-electron chi connectivity index (χ3n) is 1.94. The zero-order chi connectivity index (χ0) is 10.5. The van der Waals surface area contributed by atoms with Crippen LogP contribution in [0.25, 0.3) is 9.53 Å². The smallest absolute Gasteiger partial charge is 0.287 e. The molecule has 0 aromatic carbocycles. The van der Waals surface area contributed by atoms with Gasteiger partial charge >= 0.3 is 5.69 Å². The highest BCUT2D eigenvalue weighted by atomic mass is 32.2. The van der Waals surface area contributed by atoms with Crippen molar-refractivity contribution in [1.82, 2.24) is 9.13 Å². The molecule has 2 aromatic rings. The van der Waals surface area contributed by atoms with Gasteiger partial charge in [0.25, 0.3) is 5.56 Å². The highest BCUT2D eigenvalue weighted by molar-refractivity contribution is 7.77. The molecule has 0 fully saturated rings. The molecule has 2 heterocycles. The minimum atomic E-state index is -0.313. The van der Waals surface area contributed by atoms with Crippen molar-refractivity contribution < 1.29 is 0 Å². The van der Waals surface area contributed by atoms with Crippen LogP contribution in [0.5, 0.6) is 0 Å². The summed E-state index contributed by atoms with van der Waals surface area (Å²) >= 11 is 7.55. The topological polar surface area (TPSA) is 44.0 Å². The molecule has 4 nitrogen and oxygen atoms in total. The summed E-state index contributed by atoms with van der Waals surface area (Å²) in [6.07, 6.45) is 0. The summed E-state index contributed by atoms with van der Waals surface area (Å²) in [5.74, 6) is 0. The van der Waals surface area contributed by atoms with Crippen LogP contribution in [0.1, 0.15) is 0 Å². The number of fused-ring (bicyclic) bond motifs is 1. The zero-order valence-electron chi connectivity index (χ0n) is 7.44. The lowest BCUT2D eigenvalue weighted by Gasteiger charge is -2.01. The number of hydrogen-bond acceptors (Lipinski definition) is 5. The van der Waals surface area contributed by atoms with E-state index in [4.69, 9.17) is 12.2 Å². The van der Waals surface area contributed by atoms with E-state index < -0.39 is 0 Å². The van der Waals surface area contributed by atoms with Crippen molar-refractivity contribution in [2.24, 2.45) is 14.1 Å². The fourth-order valence-corrected chi connectivity index (χ4v) is 3.74. The Morgan fingerprint density at radius 2 is 1.79 bits per heavy atom. The maximum atomic E-state index is 11.6. The van der Waals surface area contributed by atoms with Gasteiger partial charge in [-0.1, -0.05) is 23.6 Å². The van der Waals surface area contributed by atoms with Crippen LogP contribution in [0.15, 0.2) is 9.59 Å². The Morgan fingerprint density at radius 3 is 2.43 bits per heavy atom. The Hall–Kier alpha value is -0.790. The van der Waals surface area contributed by atoms with E-state index >= 15 is 0 Å². The van der Waals surface area contributed by atoms with Gasteiger partial charge in [0.1, 0.15) is 12.7 Å². The second-order valence-corrected chi connectivity index (χ2v) is 6.00. The zero-order valence-corrected chi connectivity index (χ0v) is 9.89. The van der Waals surface area contributed by atoms with E-state index in [-0.39, 0.29) is 11.2 Å². The maximum Gasteiger partial charge on any atom is 0.331 e. The Morgan fingerprint density at radius 1 is 1.14 bits per heavy atom. The van der Waals surface area contributed by atoms with Crippen molar-refractivity contribution in [1.29, 1.82) is 0 Å². The van der Waals surface area contributed by atoms with E-state index in [0.29, 0.717) is 12.7 Å². The molecule has 0 aliphatic heterocycles.